The minimum Gasteiger partial charge on any atom is -0.289 e. The molecule has 0 radical (unpaired) electrons. The molecule has 0 saturated heterocycles. The summed E-state index contributed by atoms with van der Waals surface area (Å²) in [6, 6.07) is 22.0. The quantitative estimate of drug-likeness (QED) is 0.247. The summed E-state index contributed by atoms with van der Waals surface area (Å²) in [7, 11) is 0. The summed E-state index contributed by atoms with van der Waals surface area (Å²) in [5, 5.41) is 0. The van der Waals surface area contributed by atoms with E-state index in [0.717, 1.165) is 22.3 Å². The van der Waals surface area contributed by atoms with Crippen molar-refractivity contribution in [2.24, 2.45) is 0 Å². The fourth-order valence-electron chi connectivity index (χ4n) is 5.46. The van der Waals surface area contributed by atoms with Gasteiger partial charge in [0.05, 0.1) is 0 Å². The average molecular weight is 507 g/mol. The molecule has 0 N–H and O–H groups in total. The molecular weight excluding hydrogens is 460 g/mol. The first-order valence-corrected chi connectivity index (χ1v) is 14.0. The van der Waals surface area contributed by atoms with E-state index in [1.165, 1.54) is 33.4 Å². The van der Waals surface area contributed by atoms with Crippen molar-refractivity contribution < 1.29 is 4.79 Å². The molecule has 0 spiro atoms. The van der Waals surface area contributed by atoms with Crippen molar-refractivity contribution in [2.45, 2.75) is 105 Å². The lowest BCUT2D eigenvalue weighted by atomic mass is 9.85. The van der Waals surface area contributed by atoms with Crippen LogP contribution in [0.5, 0.6) is 0 Å². The van der Waals surface area contributed by atoms with Gasteiger partial charge in [-0.15, -0.1) is 0 Å². The van der Waals surface area contributed by atoms with Crippen LogP contribution < -0.4 is 0 Å². The topological polar surface area (TPSA) is 17.1 Å². The highest BCUT2D eigenvalue weighted by atomic mass is 16.1. The zero-order valence-electron chi connectivity index (χ0n) is 25.7. The molecule has 0 atom stereocenters. The van der Waals surface area contributed by atoms with E-state index in [0.29, 0.717) is 0 Å². The second-order valence-electron chi connectivity index (χ2n) is 15.2. The highest BCUT2D eigenvalue weighted by molar-refractivity contribution is 6.18. The Morgan fingerprint density at radius 2 is 0.711 bits per heavy atom. The molecule has 200 valence electrons. The monoisotopic (exact) mass is 506 g/mol. The summed E-state index contributed by atoms with van der Waals surface area (Å²) >= 11 is 0. The Hall–Kier alpha value is -2.93. The minimum absolute atomic E-state index is 0.0333. The molecule has 0 saturated carbocycles. The van der Waals surface area contributed by atoms with Crippen molar-refractivity contribution in [1.82, 2.24) is 0 Å². The number of hydrogen-bond acceptors (Lipinski definition) is 1. The van der Waals surface area contributed by atoms with E-state index < -0.39 is 0 Å². The van der Waals surface area contributed by atoms with Crippen molar-refractivity contribution in [1.29, 1.82) is 0 Å². The van der Waals surface area contributed by atoms with E-state index in [-0.39, 0.29) is 27.4 Å². The van der Waals surface area contributed by atoms with Crippen molar-refractivity contribution in [2.75, 3.05) is 0 Å². The molecule has 0 bridgehead atoms. The minimum atomic E-state index is -0.0776. The molecule has 0 aromatic heterocycles. The number of carbonyl (C=O) groups is 1. The van der Waals surface area contributed by atoms with Crippen LogP contribution in [0.2, 0.25) is 0 Å². The van der Waals surface area contributed by atoms with Crippen molar-refractivity contribution in [3.63, 3.8) is 0 Å². The van der Waals surface area contributed by atoms with Gasteiger partial charge in [-0.1, -0.05) is 132 Å². The van der Waals surface area contributed by atoms with Crippen LogP contribution in [0.3, 0.4) is 0 Å². The number of fused-ring (bicyclic) bond motifs is 2. The van der Waals surface area contributed by atoms with Crippen LogP contribution in [-0.4, -0.2) is 5.78 Å². The zero-order chi connectivity index (χ0) is 28.4. The number of hydrogen-bond donors (Lipinski definition) is 0. The maximum absolute atomic E-state index is 14.5. The van der Waals surface area contributed by atoms with Crippen LogP contribution in [0.1, 0.15) is 121 Å². The molecule has 0 aliphatic heterocycles. The highest BCUT2D eigenvalue weighted by Crippen LogP contribution is 2.44. The SMILES string of the molecule is CC(C)(C)c1ccc2c(C(=O)c3cc(C(C)(C)C)c4ccc(C(C)(C)C)ccc3-4)cc(C(C)(C)C)c-2cc1. The van der Waals surface area contributed by atoms with Gasteiger partial charge in [0, 0.05) is 11.1 Å². The van der Waals surface area contributed by atoms with E-state index in [4.69, 9.17) is 0 Å². The highest BCUT2D eigenvalue weighted by Gasteiger charge is 2.32. The number of carbonyl (C=O) groups excluding carboxylic acids is 1. The predicted octanol–water partition coefficient (Wildman–Crippen LogP) is 10.3. The van der Waals surface area contributed by atoms with E-state index in [1.54, 1.807) is 0 Å². The van der Waals surface area contributed by atoms with Gasteiger partial charge >= 0.3 is 0 Å². The Balaban J connectivity index is 2.00. The Morgan fingerprint density at radius 3 is 0.974 bits per heavy atom. The predicted molar refractivity (Wildman–Crippen MR) is 164 cm³/mol. The van der Waals surface area contributed by atoms with Gasteiger partial charge in [0.1, 0.15) is 0 Å². The summed E-state index contributed by atoms with van der Waals surface area (Å²) in [5.41, 5.74) is 10.9. The Bertz CT molecular complexity index is 1330. The maximum atomic E-state index is 14.5. The first-order valence-electron chi connectivity index (χ1n) is 14.0. The third kappa shape index (κ3) is 5.18. The lowest BCUT2D eigenvalue weighted by molar-refractivity contribution is 0.104. The smallest absolute Gasteiger partial charge is 0.194 e. The van der Waals surface area contributed by atoms with E-state index >= 15 is 0 Å². The molecule has 0 heterocycles. The molecule has 4 rings (SSSR count). The Kier molecular flexibility index (Phi) is 6.71. The van der Waals surface area contributed by atoms with Gasteiger partial charge in [-0.25, -0.2) is 0 Å². The molecule has 0 unspecified atom stereocenters. The standard InChI is InChI=1S/C37H46O/c1-34(2,3)23-13-17-25-27(19-15-23)31(36(7,8)9)21-29(25)33(38)30-22-32(37(10,11)12)28-20-16-24(35(4,5)6)14-18-26(28)30/h13-22H,1-12H3. The normalized spacial score (nSPS) is 13.4. The van der Waals surface area contributed by atoms with Crippen LogP contribution in [0.4, 0.5) is 0 Å². The fourth-order valence-corrected chi connectivity index (χ4v) is 5.46. The lowest BCUT2D eigenvalue weighted by Gasteiger charge is -2.19. The van der Waals surface area contributed by atoms with Crippen molar-refractivity contribution in [3.8, 4) is 22.3 Å². The summed E-state index contributed by atoms with van der Waals surface area (Å²) in [6.45, 7) is 26.8. The fraction of sp³-hybridized carbons (Fsp3) is 0.432. The number of rotatable bonds is 2. The van der Waals surface area contributed by atoms with Gasteiger partial charge in [0.25, 0.3) is 0 Å². The molecule has 1 nitrogen and oxygen atoms in total. The Morgan fingerprint density at radius 1 is 0.421 bits per heavy atom. The number of ketones is 1. The van der Waals surface area contributed by atoms with E-state index in [9.17, 15) is 4.79 Å². The van der Waals surface area contributed by atoms with E-state index in [2.05, 4.69) is 144 Å². The van der Waals surface area contributed by atoms with Gasteiger partial charge in [0.15, 0.2) is 5.78 Å². The largest absolute Gasteiger partial charge is 0.289 e. The molecule has 1 heteroatoms. The summed E-state index contributed by atoms with van der Waals surface area (Å²) in [5.74, 6) is 0.109. The molecule has 0 aromatic carbocycles. The van der Waals surface area contributed by atoms with Crippen molar-refractivity contribution in [3.05, 3.63) is 94.0 Å². The average Bonchev–Trinajstić information content (AvgIpc) is 3.11. The third-order valence-electron chi connectivity index (χ3n) is 7.87. The van der Waals surface area contributed by atoms with Crippen molar-refractivity contribution >= 4 is 5.78 Å². The molecule has 38 heavy (non-hydrogen) atoms. The van der Waals surface area contributed by atoms with E-state index in [1.807, 2.05) is 0 Å². The summed E-state index contributed by atoms with van der Waals surface area (Å²) in [4.78, 5) is 14.5. The van der Waals surface area contributed by atoms with Crippen LogP contribution in [-0.2, 0) is 21.7 Å². The first-order chi connectivity index (χ1) is 17.3. The van der Waals surface area contributed by atoms with Crippen LogP contribution in [0.15, 0.2) is 60.7 Å². The second-order valence-corrected chi connectivity index (χ2v) is 15.2. The second kappa shape index (κ2) is 9.08. The van der Waals surface area contributed by atoms with Gasteiger partial charge in [-0.2, -0.15) is 0 Å². The van der Waals surface area contributed by atoms with Gasteiger partial charge in [-0.05, 0) is 78.3 Å². The molecule has 0 amide bonds. The lowest BCUT2D eigenvalue weighted by Crippen LogP contribution is -2.11. The maximum Gasteiger partial charge on any atom is 0.194 e. The van der Waals surface area contributed by atoms with Crippen LogP contribution in [0, 0.1) is 0 Å². The molecule has 4 aliphatic rings. The van der Waals surface area contributed by atoms with Gasteiger partial charge in [-0.3, -0.25) is 4.79 Å². The Labute approximate surface area is 231 Å². The first kappa shape index (κ1) is 28.1. The summed E-state index contributed by atoms with van der Waals surface area (Å²) in [6.07, 6.45) is 0. The molecule has 4 aliphatic carbocycles. The third-order valence-corrected chi connectivity index (χ3v) is 7.87. The summed E-state index contributed by atoms with van der Waals surface area (Å²) < 4.78 is 0. The molecular formula is C37H46O. The zero-order valence-corrected chi connectivity index (χ0v) is 25.7. The molecule has 0 aromatic rings. The van der Waals surface area contributed by atoms with Gasteiger partial charge < -0.3 is 0 Å². The molecule has 0 fully saturated rings. The van der Waals surface area contributed by atoms with Crippen LogP contribution >= 0.6 is 0 Å². The van der Waals surface area contributed by atoms with Crippen LogP contribution in [0.25, 0.3) is 22.3 Å². The van der Waals surface area contributed by atoms with Gasteiger partial charge in [0.2, 0.25) is 0 Å².